The van der Waals surface area contributed by atoms with Crippen LogP contribution in [-0.4, -0.2) is 23.3 Å². The highest BCUT2D eigenvalue weighted by Gasteiger charge is 2.36. The maximum absolute atomic E-state index is 13.0. The van der Waals surface area contributed by atoms with Gasteiger partial charge in [0.1, 0.15) is 6.17 Å². The van der Waals surface area contributed by atoms with Crippen LogP contribution in [0.4, 0.5) is 4.39 Å². The Hall–Kier alpha value is -0.0851. The van der Waals surface area contributed by atoms with E-state index >= 15 is 0 Å². The topological polar surface area (TPSA) is 40.5 Å². The molecule has 4 heteroatoms. The third kappa shape index (κ3) is 2.17. The fourth-order valence-corrected chi connectivity index (χ4v) is 1.70. The Morgan fingerprint density at radius 2 is 2.00 bits per heavy atom. The zero-order chi connectivity index (χ0) is 8.43. The largest absolute Gasteiger partial charge is 0.457 e. The zero-order valence-electron chi connectivity index (χ0n) is 6.70. The first-order valence-electron chi connectivity index (χ1n) is 4.11. The second kappa shape index (κ2) is 3.54. The van der Waals surface area contributed by atoms with Crippen molar-refractivity contribution >= 4 is 7.12 Å². The molecule has 0 bridgehead atoms. The van der Waals surface area contributed by atoms with E-state index in [1.54, 1.807) is 0 Å². The van der Waals surface area contributed by atoms with Gasteiger partial charge in [0.15, 0.2) is 0 Å². The van der Waals surface area contributed by atoms with Crippen LogP contribution < -0.4 is 0 Å². The van der Waals surface area contributed by atoms with Gasteiger partial charge in [0.2, 0.25) is 0 Å². The fraction of sp³-hybridized carbons (Fsp3) is 1.00. The summed E-state index contributed by atoms with van der Waals surface area (Å²) < 4.78 is 13.0. The first kappa shape index (κ1) is 9.01. The van der Waals surface area contributed by atoms with Crippen molar-refractivity contribution in [1.29, 1.82) is 0 Å². The minimum Gasteiger partial charge on any atom is -0.427 e. The van der Waals surface area contributed by atoms with E-state index in [4.69, 9.17) is 10.0 Å². The summed E-state index contributed by atoms with van der Waals surface area (Å²) in [5.74, 6) is -0.132. The molecule has 0 heterocycles. The van der Waals surface area contributed by atoms with E-state index in [1.807, 2.05) is 6.92 Å². The third-order valence-corrected chi connectivity index (χ3v) is 2.46. The van der Waals surface area contributed by atoms with Gasteiger partial charge in [0.05, 0.1) is 0 Å². The van der Waals surface area contributed by atoms with E-state index in [0.717, 1.165) is 6.42 Å². The third-order valence-electron chi connectivity index (χ3n) is 2.46. The van der Waals surface area contributed by atoms with Crippen molar-refractivity contribution in [3.63, 3.8) is 0 Å². The lowest BCUT2D eigenvalue weighted by Crippen LogP contribution is -2.32. The van der Waals surface area contributed by atoms with Gasteiger partial charge in [-0.05, 0) is 25.2 Å². The summed E-state index contributed by atoms with van der Waals surface area (Å²) in [5.41, 5.74) is 0. The summed E-state index contributed by atoms with van der Waals surface area (Å²) in [7, 11) is -1.48. The fourth-order valence-electron chi connectivity index (χ4n) is 1.70. The maximum Gasteiger partial charge on any atom is 0.457 e. The highest BCUT2D eigenvalue weighted by atomic mass is 19.1. The van der Waals surface area contributed by atoms with Gasteiger partial charge in [-0.3, -0.25) is 0 Å². The predicted octanol–water partition coefficient (Wildman–Crippen LogP) is 0.987. The highest BCUT2D eigenvalue weighted by molar-refractivity contribution is 6.43. The highest BCUT2D eigenvalue weighted by Crippen LogP contribution is 2.35. The monoisotopic (exact) mass is 160 g/mol. The Labute approximate surface area is 66.6 Å². The molecule has 0 amide bonds. The first-order valence-corrected chi connectivity index (χ1v) is 4.11. The van der Waals surface area contributed by atoms with Crippen LogP contribution in [0.25, 0.3) is 0 Å². The maximum atomic E-state index is 13.0. The molecule has 1 fully saturated rings. The average Bonchev–Trinajstić information content (AvgIpc) is 1.94. The SMILES string of the molecule is CC1CCC(F)C(B(O)O)C1. The molecule has 64 valence electrons. The molecular formula is C7H14BFO2. The standard InChI is InChI=1S/C7H14BFO2/c1-5-2-3-7(9)6(4-5)8(10)11/h5-7,10-11H,2-4H2,1H3. The number of rotatable bonds is 1. The molecule has 0 aromatic heterocycles. The molecule has 3 unspecified atom stereocenters. The molecule has 0 spiro atoms. The average molecular weight is 160 g/mol. The molecule has 0 radical (unpaired) electrons. The summed E-state index contributed by atoms with van der Waals surface area (Å²) in [5, 5.41) is 17.6. The number of hydrogen-bond donors (Lipinski definition) is 2. The van der Waals surface area contributed by atoms with E-state index in [1.165, 1.54) is 0 Å². The summed E-state index contributed by atoms with van der Waals surface area (Å²) in [6.45, 7) is 2.02. The van der Waals surface area contributed by atoms with Crippen molar-refractivity contribution in [3.05, 3.63) is 0 Å². The second-order valence-corrected chi connectivity index (χ2v) is 3.51. The lowest BCUT2D eigenvalue weighted by atomic mass is 9.62. The molecule has 1 rings (SSSR count). The Kier molecular flexibility index (Phi) is 2.90. The Morgan fingerprint density at radius 1 is 1.36 bits per heavy atom. The van der Waals surface area contributed by atoms with Gasteiger partial charge in [-0.1, -0.05) is 6.92 Å². The molecule has 2 N–H and O–H groups in total. The van der Waals surface area contributed by atoms with Gasteiger partial charge in [-0.25, -0.2) is 4.39 Å². The Morgan fingerprint density at radius 3 is 2.45 bits per heavy atom. The van der Waals surface area contributed by atoms with Crippen molar-refractivity contribution in [2.24, 2.45) is 5.92 Å². The second-order valence-electron chi connectivity index (χ2n) is 3.51. The summed E-state index contributed by atoms with van der Waals surface area (Å²) >= 11 is 0. The Balaban J connectivity index is 2.47. The van der Waals surface area contributed by atoms with Gasteiger partial charge in [0, 0.05) is 5.82 Å². The van der Waals surface area contributed by atoms with Crippen LogP contribution in [-0.2, 0) is 0 Å². The quantitative estimate of drug-likeness (QED) is 0.561. The minimum atomic E-state index is -1.48. The Bertz CT molecular complexity index is 132. The summed E-state index contributed by atoms with van der Waals surface area (Å²) in [6.07, 6.45) is 0.915. The van der Waals surface area contributed by atoms with Crippen LogP contribution in [0, 0.1) is 5.92 Å². The van der Waals surface area contributed by atoms with E-state index in [2.05, 4.69) is 0 Å². The molecular weight excluding hydrogens is 146 g/mol. The van der Waals surface area contributed by atoms with Crippen molar-refractivity contribution < 1.29 is 14.4 Å². The van der Waals surface area contributed by atoms with Crippen LogP contribution in [0.5, 0.6) is 0 Å². The molecule has 0 aromatic rings. The molecule has 1 aliphatic carbocycles. The molecule has 0 aliphatic heterocycles. The molecule has 0 saturated heterocycles. The van der Waals surface area contributed by atoms with E-state index in [0.29, 0.717) is 18.8 Å². The lowest BCUT2D eigenvalue weighted by molar-refractivity contribution is 0.189. The van der Waals surface area contributed by atoms with E-state index < -0.39 is 19.1 Å². The zero-order valence-corrected chi connectivity index (χ0v) is 6.70. The number of halogens is 1. The first-order chi connectivity index (χ1) is 5.11. The molecule has 2 nitrogen and oxygen atoms in total. The number of alkyl halides is 1. The molecule has 1 saturated carbocycles. The molecule has 0 aromatic carbocycles. The normalized spacial score (nSPS) is 38.7. The van der Waals surface area contributed by atoms with Crippen LogP contribution >= 0.6 is 0 Å². The van der Waals surface area contributed by atoms with Crippen molar-refractivity contribution in [2.75, 3.05) is 0 Å². The minimum absolute atomic E-state index is 0.425. The summed E-state index contributed by atoms with van der Waals surface area (Å²) in [4.78, 5) is 0. The van der Waals surface area contributed by atoms with Gasteiger partial charge >= 0.3 is 7.12 Å². The van der Waals surface area contributed by atoms with Crippen molar-refractivity contribution in [2.45, 2.75) is 38.2 Å². The summed E-state index contributed by atoms with van der Waals surface area (Å²) in [6, 6.07) is 0. The van der Waals surface area contributed by atoms with Gasteiger partial charge in [0.25, 0.3) is 0 Å². The van der Waals surface area contributed by atoms with Gasteiger partial charge < -0.3 is 10.0 Å². The predicted molar refractivity (Wildman–Crippen MR) is 41.9 cm³/mol. The number of hydrogen-bond acceptors (Lipinski definition) is 2. The molecule has 3 atom stereocenters. The van der Waals surface area contributed by atoms with E-state index in [9.17, 15) is 4.39 Å². The van der Waals surface area contributed by atoms with Crippen LogP contribution in [0.3, 0.4) is 0 Å². The van der Waals surface area contributed by atoms with Crippen LogP contribution in [0.2, 0.25) is 5.82 Å². The van der Waals surface area contributed by atoms with Crippen LogP contribution in [0.1, 0.15) is 26.2 Å². The van der Waals surface area contributed by atoms with Crippen molar-refractivity contribution in [3.8, 4) is 0 Å². The van der Waals surface area contributed by atoms with Gasteiger partial charge in [-0.2, -0.15) is 0 Å². The molecule has 1 aliphatic rings. The van der Waals surface area contributed by atoms with Gasteiger partial charge in [-0.15, -0.1) is 0 Å². The van der Waals surface area contributed by atoms with E-state index in [-0.39, 0.29) is 0 Å². The smallest absolute Gasteiger partial charge is 0.427 e. The molecule has 11 heavy (non-hydrogen) atoms. The van der Waals surface area contributed by atoms with Crippen molar-refractivity contribution in [1.82, 2.24) is 0 Å². The van der Waals surface area contributed by atoms with Crippen LogP contribution in [0.15, 0.2) is 0 Å². The lowest BCUT2D eigenvalue weighted by Gasteiger charge is -2.29.